The monoisotopic (exact) mass is 259 g/mol. The van der Waals surface area contributed by atoms with Gasteiger partial charge in [-0.05, 0) is 43.9 Å². The molecule has 1 aromatic heterocycles. The summed E-state index contributed by atoms with van der Waals surface area (Å²) < 4.78 is 5.62. The average Bonchev–Trinajstić information content (AvgIpc) is 2.83. The molecule has 2 aromatic rings. The van der Waals surface area contributed by atoms with Crippen LogP contribution < -0.4 is 11.1 Å². The molecule has 1 heterocycles. The van der Waals surface area contributed by atoms with Crippen molar-refractivity contribution in [1.82, 2.24) is 4.98 Å². The smallest absolute Gasteiger partial charge is 0.195 e. The second kappa shape index (κ2) is 5.21. The van der Waals surface area contributed by atoms with Gasteiger partial charge in [-0.25, -0.2) is 4.98 Å². The van der Waals surface area contributed by atoms with Crippen molar-refractivity contribution in [2.75, 3.05) is 5.32 Å². The van der Waals surface area contributed by atoms with Gasteiger partial charge in [-0.15, -0.1) is 0 Å². The van der Waals surface area contributed by atoms with E-state index in [0.29, 0.717) is 12.1 Å². The van der Waals surface area contributed by atoms with Crippen molar-refractivity contribution >= 4 is 16.8 Å². The fourth-order valence-electron chi connectivity index (χ4n) is 2.72. The lowest BCUT2D eigenvalue weighted by molar-refractivity contribution is 0.411. The third-order valence-corrected chi connectivity index (χ3v) is 3.88. The van der Waals surface area contributed by atoms with Crippen LogP contribution in [-0.2, 0) is 6.42 Å². The minimum atomic E-state index is 0.392. The van der Waals surface area contributed by atoms with Crippen molar-refractivity contribution in [3.8, 4) is 0 Å². The molecule has 3 rings (SSSR count). The van der Waals surface area contributed by atoms with E-state index in [2.05, 4.69) is 29.4 Å². The molecule has 1 fully saturated rings. The number of aromatic nitrogens is 1. The molecule has 102 valence electrons. The summed E-state index contributed by atoms with van der Waals surface area (Å²) in [6.45, 7) is 2.05. The first kappa shape index (κ1) is 12.5. The molecule has 1 aromatic carbocycles. The Morgan fingerprint density at radius 1 is 1.32 bits per heavy atom. The standard InChI is InChI=1S/C15H21N3O/c1-2-15-18-13-9-12(7-8-14(13)19-15)17-11-5-3-10(16)4-6-11/h7-11,17H,2-6,16H2,1H3. The van der Waals surface area contributed by atoms with Crippen molar-refractivity contribution < 1.29 is 4.42 Å². The molecule has 0 bridgehead atoms. The molecule has 0 spiro atoms. The zero-order valence-corrected chi connectivity index (χ0v) is 11.4. The Bertz CT molecular complexity index is 556. The van der Waals surface area contributed by atoms with Gasteiger partial charge in [-0.2, -0.15) is 0 Å². The fourth-order valence-corrected chi connectivity index (χ4v) is 2.72. The molecule has 1 aliphatic carbocycles. The summed E-state index contributed by atoms with van der Waals surface area (Å²) in [5, 5.41) is 3.58. The van der Waals surface area contributed by atoms with Gasteiger partial charge >= 0.3 is 0 Å². The van der Waals surface area contributed by atoms with E-state index in [1.54, 1.807) is 0 Å². The number of anilines is 1. The topological polar surface area (TPSA) is 64.1 Å². The van der Waals surface area contributed by atoms with Crippen LogP contribution in [0.15, 0.2) is 22.6 Å². The Balaban J connectivity index is 1.74. The molecule has 0 saturated heterocycles. The largest absolute Gasteiger partial charge is 0.441 e. The predicted molar refractivity (Wildman–Crippen MR) is 77.2 cm³/mol. The lowest BCUT2D eigenvalue weighted by Crippen LogP contribution is -2.32. The van der Waals surface area contributed by atoms with Gasteiger partial charge in [0.25, 0.3) is 0 Å². The molecule has 0 amide bonds. The van der Waals surface area contributed by atoms with Crippen LogP contribution in [0.25, 0.3) is 11.1 Å². The summed E-state index contributed by atoms with van der Waals surface area (Å²) in [6.07, 6.45) is 5.36. The van der Waals surface area contributed by atoms with Crippen molar-refractivity contribution in [3.05, 3.63) is 24.1 Å². The predicted octanol–water partition coefficient (Wildman–Crippen LogP) is 3.07. The Hall–Kier alpha value is -1.55. The van der Waals surface area contributed by atoms with Gasteiger partial charge in [0.1, 0.15) is 5.52 Å². The molecule has 0 atom stereocenters. The van der Waals surface area contributed by atoms with E-state index in [0.717, 1.165) is 54.8 Å². The van der Waals surface area contributed by atoms with Crippen LogP contribution in [0.1, 0.15) is 38.5 Å². The Kier molecular flexibility index (Phi) is 3.42. The van der Waals surface area contributed by atoms with Gasteiger partial charge < -0.3 is 15.5 Å². The van der Waals surface area contributed by atoms with Gasteiger partial charge in [-0.3, -0.25) is 0 Å². The van der Waals surface area contributed by atoms with E-state index in [1.165, 1.54) is 0 Å². The lowest BCUT2D eigenvalue weighted by atomic mass is 9.91. The summed E-state index contributed by atoms with van der Waals surface area (Å²) in [5.41, 5.74) is 8.87. The van der Waals surface area contributed by atoms with Gasteiger partial charge in [0.05, 0.1) is 0 Å². The highest BCUT2D eigenvalue weighted by Gasteiger charge is 2.18. The third kappa shape index (κ3) is 2.73. The van der Waals surface area contributed by atoms with Crippen molar-refractivity contribution in [2.45, 2.75) is 51.1 Å². The second-order valence-electron chi connectivity index (χ2n) is 5.40. The summed E-state index contributed by atoms with van der Waals surface area (Å²) >= 11 is 0. The molecule has 19 heavy (non-hydrogen) atoms. The molecule has 0 aliphatic heterocycles. The van der Waals surface area contributed by atoms with Crippen LogP contribution >= 0.6 is 0 Å². The Morgan fingerprint density at radius 3 is 2.84 bits per heavy atom. The quantitative estimate of drug-likeness (QED) is 0.889. The lowest BCUT2D eigenvalue weighted by Gasteiger charge is -2.27. The number of benzene rings is 1. The maximum atomic E-state index is 5.93. The highest BCUT2D eigenvalue weighted by atomic mass is 16.3. The number of oxazole rings is 1. The highest BCUT2D eigenvalue weighted by molar-refractivity contribution is 5.77. The molecule has 4 nitrogen and oxygen atoms in total. The molecule has 1 aliphatic rings. The van der Waals surface area contributed by atoms with E-state index < -0.39 is 0 Å². The number of fused-ring (bicyclic) bond motifs is 1. The summed E-state index contributed by atoms with van der Waals surface area (Å²) in [4.78, 5) is 4.47. The Morgan fingerprint density at radius 2 is 2.11 bits per heavy atom. The second-order valence-corrected chi connectivity index (χ2v) is 5.40. The van der Waals surface area contributed by atoms with Crippen LogP contribution in [0.3, 0.4) is 0 Å². The highest BCUT2D eigenvalue weighted by Crippen LogP contribution is 2.24. The van der Waals surface area contributed by atoms with Crippen molar-refractivity contribution in [3.63, 3.8) is 0 Å². The zero-order chi connectivity index (χ0) is 13.2. The number of hydrogen-bond acceptors (Lipinski definition) is 4. The number of hydrogen-bond donors (Lipinski definition) is 2. The van der Waals surface area contributed by atoms with Crippen LogP contribution in [0, 0.1) is 0 Å². The molecule has 0 unspecified atom stereocenters. The van der Waals surface area contributed by atoms with Crippen LogP contribution in [0.2, 0.25) is 0 Å². The SMILES string of the molecule is CCc1nc2cc(NC3CCC(N)CC3)ccc2o1. The molecule has 3 N–H and O–H groups in total. The van der Waals surface area contributed by atoms with Gasteiger partial charge in [0.15, 0.2) is 11.5 Å². The fraction of sp³-hybridized carbons (Fsp3) is 0.533. The maximum Gasteiger partial charge on any atom is 0.195 e. The van der Waals surface area contributed by atoms with Crippen LogP contribution in [-0.4, -0.2) is 17.1 Å². The first-order chi connectivity index (χ1) is 9.24. The van der Waals surface area contributed by atoms with Gasteiger partial charge in [0, 0.05) is 24.2 Å². The summed E-state index contributed by atoms with van der Waals surface area (Å²) in [6, 6.07) is 7.07. The summed E-state index contributed by atoms with van der Waals surface area (Å²) in [5.74, 6) is 0.802. The minimum Gasteiger partial charge on any atom is -0.441 e. The van der Waals surface area contributed by atoms with E-state index >= 15 is 0 Å². The zero-order valence-electron chi connectivity index (χ0n) is 11.4. The molecular weight excluding hydrogens is 238 g/mol. The molecular formula is C15H21N3O. The third-order valence-electron chi connectivity index (χ3n) is 3.88. The first-order valence-corrected chi connectivity index (χ1v) is 7.16. The van der Waals surface area contributed by atoms with Crippen LogP contribution in [0.5, 0.6) is 0 Å². The number of nitrogens with zero attached hydrogens (tertiary/aromatic N) is 1. The summed E-state index contributed by atoms with van der Waals surface area (Å²) in [7, 11) is 0. The van der Waals surface area contributed by atoms with Crippen LogP contribution in [0.4, 0.5) is 5.69 Å². The van der Waals surface area contributed by atoms with E-state index in [4.69, 9.17) is 10.2 Å². The number of nitrogens with two attached hydrogens (primary N) is 1. The van der Waals surface area contributed by atoms with E-state index in [-0.39, 0.29) is 0 Å². The van der Waals surface area contributed by atoms with E-state index in [1.807, 2.05) is 6.07 Å². The minimum absolute atomic E-state index is 0.392. The first-order valence-electron chi connectivity index (χ1n) is 7.16. The molecule has 1 saturated carbocycles. The Labute approximate surface area is 113 Å². The molecule has 0 radical (unpaired) electrons. The van der Waals surface area contributed by atoms with Crippen molar-refractivity contribution in [2.24, 2.45) is 5.73 Å². The maximum absolute atomic E-state index is 5.93. The molecule has 4 heteroatoms. The number of nitrogens with one attached hydrogen (secondary N) is 1. The average molecular weight is 259 g/mol. The normalized spacial score (nSPS) is 23.7. The number of aryl methyl sites for hydroxylation is 1. The van der Waals surface area contributed by atoms with Gasteiger partial charge in [-0.1, -0.05) is 6.92 Å². The van der Waals surface area contributed by atoms with Gasteiger partial charge in [0.2, 0.25) is 0 Å². The van der Waals surface area contributed by atoms with E-state index in [9.17, 15) is 0 Å². The number of rotatable bonds is 3. The van der Waals surface area contributed by atoms with Crippen molar-refractivity contribution in [1.29, 1.82) is 0 Å².